The van der Waals surface area contributed by atoms with Gasteiger partial charge in [-0.3, -0.25) is 0 Å². The van der Waals surface area contributed by atoms with Gasteiger partial charge in [0.2, 0.25) is 0 Å². The van der Waals surface area contributed by atoms with E-state index in [1.54, 1.807) is 12.1 Å². The van der Waals surface area contributed by atoms with Gasteiger partial charge in [0.1, 0.15) is 16.5 Å². The van der Waals surface area contributed by atoms with Gasteiger partial charge in [-0.1, -0.05) is 12.2 Å². The Morgan fingerprint density at radius 1 is 1.58 bits per heavy atom. The number of rotatable bonds is 2. The Hall–Kier alpha value is -1.29. The summed E-state index contributed by atoms with van der Waals surface area (Å²) >= 11 is 4.71. The maximum atomic E-state index is 9.35. The minimum absolute atomic E-state index is 0.0434. The van der Waals surface area contributed by atoms with Gasteiger partial charge in [-0.05, 0) is 12.1 Å². The van der Waals surface area contributed by atoms with Crippen LogP contribution in [0.1, 0.15) is 5.56 Å². The van der Waals surface area contributed by atoms with Crippen LogP contribution in [0.4, 0.5) is 0 Å². The summed E-state index contributed by atoms with van der Waals surface area (Å²) in [5.41, 5.74) is 5.80. The number of phenols is 1. The van der Waals surface area contributed by atoms with Gasteiger partial charge in [0.15, 0.2) is 0 Å². The molecule has 0 aliphatic rings. The normalized spacial score (nSPS) is 9.42. The number of methoxy groups -OCH3 is 1. The van der Waals surface area contributed by atoms with Crippen LogP contribution >= 0.6 is 12.2 Å². The topological polar surface area (TPSA) is 55.5 Å². The number of aromatic hydroxyl groups is 1. The first-order valence-electron chi connectivity index (χ1n) is 3.32. The van der Waals surface area contributed by atoms with E-state index in [-0.39, 0.29) is 10.7 Å². The lowest BCUT2D eigenvalue weighted by Crippen LogP contribution is -2.09. The van der Waals surface area contributed by atoms with E-state index in [9.17, 15) is 5.11 Å². The molecule has 0 aliphatic heterocycles. The molecule has 0 heterocycles. The first kappa shape index (κ1) is 8.80. The van der Waals surface area contributed by atoms with Crippen molar-refractivity contribution < 1.29 is 9.84 Å². The van der Waals surface area contributed by atoms with E-state index in [1.165, 1.54) is 13.2 Å². The lowest BCUT2D eigenvalue weighted by atomic mass is 10.2. The van der Waals surface area contributed by atoms with E-state index in [4.69, 9.17) is 22.7 Å². The van der Waals surface area contributed by atoms with Crippen LogP contribution in [0.2, 0.25) is 0 Å². The number of hydrogen-bond donors (Lipinski definition) is 2. The van der Waals surface area contributed by atoms with Crippen molar-refractivity contribution in [3.8, 4) is 11.5 Å². The third kappa shape index (κ3) is 1.65. The van der Waals surface area contributed by atoms with Gasteiger partial charge in [0, 0.05) is 6.07 Å². The molecule has 0 amide bonds. The highest BCUT2D eigenvalue weighted by molar-refractivity contribution is 7.80. The van der Waals surface area contributed by atoms with Crippen LogP contribution in [0.15, 0.2) is 18.2 Å². The van der Waals surface area contributed by atoms with Crippen molar-refractivity contribution in [1.29, 1.82) is 0 Å². The molecule has 0 fully saturated rings. The number of phenolic OH excluding ortho intramolecular Hbond substituents is 1. The lowest BCUT2D eigenvalue weighted by Gasteiger charge is -2.04. The fourth-order valence-corrected chi connectivity index (χ4v) is 1.02. The molecule has 1 aromatic carbocycles. The molecule has 1 aromatic rings. The molecule has 64 valence electrons. The minimum atomic E-state index is 0.0434. The highest BCUT2D eigenvalue weighted by Gasteiger charge is 2.04. The van der Waals surface area contributed by atoms with Gasteiger partial charge in [-0.25, -0.2) is 0 Å². The summed E-state index contributed by atoms with van der Waals surface area (Å²) in [6.45, 7) is 0. The van der Waals surface area contributed by atoms with Gasteiger partial charge in [0.05, 0.1) is 12.7 Å². The van der Waals surface area contributed by atoms with Gasteiger partial charge in [-0.2, -0.15) is 0 Å². The van der Waals surface area contributed by atoms with E-state index in [0.717, 1.165) is 0 Å². The largest absolute Gasteiger partial charge is 0.507 e. The summed E-state index contributed by atoms with van der Waals surface area (Å²) in [6, 6.07) is 4.78. The van der Waals surface area contributed by atoms with Crippen LogP contribution in [-0.4, -0.2) is 17.2 Å². The number of nitrogens with two attached hydrogens (primary N) is 1. The Bertz CT molecular complexity index is 312. The maximum Gasteiger partial charge on any atom is 0.129 e. The molecule has 3 N–H and O–H groups in total. The zero-order valence-corrected chi connectivity index (χ0v) is 7.39. The number of ether oxygens (including phenoxy) is 1. The standard InChI is InChI=1S/C8H9NO2S/c1-11-5-2-3-6(8(9)12)7(10)4-5/h2-4,10H,1H3,(H2,9,12). The number of thiocarbonyl (C=S) groups is 1. The SMILES string of the molecule is COc1ccc(C(N)=S)c(O)c1. The van der Waals surface area contributed by atoms with Crippen LogP contribution in [0.5, 0.6) is 11.5 Å². The summed E-state index contributed by atoms with van der Waals surface area (Å²) < 4.78 is 4.89. The third-order valence-electron chi connectivity index (χ3n) is 1.47. The maximum absolute atomic E-state index is 9.35. The quantitative estimate of drug-likeness (QED) is 0.672. The van der Waals surface area contributed by atoms with Crippen molar-refractivity contribution in [2.45, 2.75) is 0 Å². The van der Waals surface area contributed by atoms with Gasteiger partial charge < -0.3 is 15.6 Å². The molecule has 0 bridgehead atoms. The third-order valence-corrected chi connectivity index (χ3v) is 1.69. The van der Waals surface area contributed by atoms with E-state index in [2.05, 4.69) is 0 Å². The Kier molecular flexibility index (Phi) is 2.50. The Morgan fingerprint density at radius 3 is 2.67 bits per heavy atom. The predicted molar refractivity (Wildman–Crippen MR) is 50.5 cm³/mol. The number of benzene rings is 1. The van der Waals surface area contributed by atoms with E-state index >= 15 is 0 Å². The summed E-state index contributed by atoms with van der Waals surface area (Å²) in [6.07, 6.45) is 0. The first-order chi connectivity index (χ1) is 5.65. The summed E-state index contributed by atoms with van der Waals surface area (Å²) in [4.78, 5) is 0.176. The predicted octanol–water partition coefficient (Wildman–Crippen LogP) is 1.03. The second-order valence-corrected chi connectivity index (χ2v) is 2.69. The second-order valence-electron chi connectivity index (χ2n) is 2.25. The highest BCUT2D eigenvalue weighted by atomic mass is 32.1. The molecule has 0 aliphatic carbocycles. The Labute approximate surface area is 75.8 Å². The average molecular weight is 183 g/mol. The average Bonchev–Trinajstić information content (AvgIpc) is 2.03. The smallest absolute Gasteiger partial charge is 0.129 e. The van der Waals surface area contributed by atoms with Crippen molar-refractivity contribution in [2.24, 2.45) is 5.73 Å². The molecule has 0 radical (unpaired) electrons. The fraction of sp³-hybridized carbons (Fsp3) is 0.125. The van der Waals surface area contributed by atoms with Crippen molar-refractivity contribution >= 4 is 17.2 Å². The van der Waals surface area contributed by atoms with E-state index in [0.29, 0.717) is 11.3 Å². The van der Waals surface area contributed by atoms with Crippen molar-refractivity contribution in [3.63, 3.8) is 0 Å². The molecule has 0 saturated heterocycles. The van der Waals surface area contributed by atoms with Crippen LogP contribution in [0, 0.1) is 0 Å². The van der Waals surface area contributed by atoms with E-state index in [1.807, 2.05) is 0 Å². The summed E-state index contributed by atoms with van der Waals surface area (Å²) in [5.74, 6) is 0.620. The van der Waals surface area contributed by atoms with Crippen LogP contribution in [-0.2, 0) is 0 Å². The monoisotopic (exact) mass is 183 g/mol. The zero-order chi connectivity index (χ0) is 9.14. The lowest BCUT2D eigenvalue weighted by molar-refractivity contribution is 0.407. The molecule has 12 heavy (non-hydrogen) atoms. The molecular weight excluding hydrogens is 174 g/mol. The molecule has 0 atom stereocenters. The van der Waals surface area contributed by atoms with Crippen molar-refractivity contribution in [2.75, 3.05) is 7.11 Å². The zero-order valence-electron chi connectivity index (χ0n) is 6.57. The minimum Gasteiger partial charge on any atom is -0.507 e. The summed E-state index contributed by atoms with van der Waals surface area (Å²) in [7, 11) is 1.52. The Morgan fingerprint density at radius 2 is 2.25 bits per heavy atom. The molecule has 4 heteroatoms. The molecule has 0 aromatic heterocycles. The molecule has 0 unspecified atom stereocenters. The summed E-state index contributed by atoms with van der Waals surface area (Å²) in [5, 5.41) is 9.35. The molecular formula is C8H9NO2S. The van der Waals surface area contributed by atoms with Crippen LogP contribution in [0.3, 0.4) is 0 Å². The Balaban J connectivity index is 3.12. The molecule has 0 spiro atoms. The molecule has 0 saturated carbocycles. The van der Waals surface area contributed by atoms with Gasteiger partial charge >= 0.3 is 0 Å². The van der Waals surface area contributed by atoms with E-state index < -0.39 is 0 Å². The van der Waals surface area contributed by atoms with Crippen molar-refractivity contribution in [1.82, 2.24) is 0 Å². The second kappa shape index (κ2) is 3.40. The van der Waals surface area contributed by atoms with Gasteiger partial charge in [-0.15, -0.1) is 0 Å². The molecule has 1 rings (SSSR count). The highest BCUT2D eigenvalue weighted by Crippen LogP contribution is 2.22. The van der Waals surface area contributed by atoms with Crippen LogP contribution in [0.25, 0.3) is 0 Å². The van der Waals surface area contributed by atoms with Crippen LogP contribution < -0.4 is 10.5 Å². The fourth-order valence-electron chi connectivity index (χ4n) is 0.847. The first-order valence-corrected chi connectivity index (χ1v) is 3.73. The van der Waals surface area contributed by atoms with Crippen molar-refractivity contribution in [3.05, 3.63) is 23.8 Å². The number of hydrogen-bond acceptors (Lipinski definition) is 3. The van der Waals surface area contributed by atoms with Gasteiger partial charge in [0.25, 0.3) is 0 Å². The molecule has 3 nitrogen and oxygen atoms in total.